The Morgan fingerprint density at radius 3 is 2.78 bits per heavy atom. The quantitative estimate of drug-likeness (QED) is 0.802. The van der Waals surface area contributed by atoms with Crippen molar-refractivity contribution in [2.24, 2.45) is 0 Å². The standard InChI is InChI=1S/C16H14F3NO2S/c17-11-8-13(19)12(18)6-10(11)7-16(21)20-3-4-22-14(9-20)15-2-1-5-23-15/h1-2,5-6,8,14H,3-4,7,9H2. The zero-order valence-corrected chi connectivity index (χ0v) is 12.9. The lowest BCUT2D eigenvalue weighted by Crippen LogP contribution is -2.42. The maximum absolute atomic E-state index is 13.7. The predicted molar refractivity (Wildman–Crippen MR) is 79.6 cm³/mol. The first-order valence-electron chi connectivity index (χ1n) is 7.11. The van der Waals surface area contributed by atoms with Gasteiger partial charge in [-0.3, -0.25) is 4.79 Å². The van der Waals surface area contributed by atoms with Gasteiger partial charge in [0.05, 0.1) is 19.6 Å². The summed E-state index contributed by atoms with van der Waals surface area (Å²) in [5.41, 5.74) is -0.145. The Labute approximate surface area is 135 Å². The van der Waals surface area contributed by atoms with Crippen molar-refractivity contribution in [2.75, 3.05) is 19.7 Å². The largest absolute Gasteiger partial charge is 0.369 e. The van der Waals surface area contributed by atoms with Crippen molar-refractivity contribution in [3.05, 3.63) is 57.5 Å². The fourth-order valence-corrected chi connectivity index (χ4v) is 3.26. The Morgan fingerprint density at radius 1 is 1.26 bits per heavy atom. The maximum Gasteiger partial charge on any atom is 0.227 e. The molecule has 1 aliphatic heterocycles. The highest BCUT2D eigenvalue weighted by Gasteiger charge is 2.26. The minimum atomic E-state index is -1.26. The molecule has 7 heteroatoms. The number of halogens is 3. The van der Waals surface area contributed by atoms with Crippen LogP contribution >= 0.6 is 11.3 Å². The first-order valence-corrected chi connectivity index (χ1v) is 7.99. The van der Waals surface area contributed by atoms with Gasteiger partial charge in [-0.25, -0.2) is 13.2 Å². The van der Waals surface area contributed by atoms with E-state index in [0.717, 1.165) is 10.9 Å². The first kappa shape index (κ1) is 16.0. The van der Waals surface area contributed by atoms with Gasteiger partial charge in [-0.15, -0.1) is 11.3 Å². The molecular formula is C16H14F3NO2S. The van der Waals surface area contributed by atoms with Crippen LogP contribution in [0, 0.1) is 17.5 Å². The van der Waals surface area contributed by atoms with Gasteiger partial charge in [-0.1, -0.05) is 6.07 Å². The van der Waals surface area contributed by atoms with Crippen LogP contribution in [0.3, 0.4) is 0 Å². The molecule has 1 aliphatic rings. The molecule has 0 radical (unpaired) electrons. The van der Waals surface area contributed by atoms with E-state index >= 15 is 0 Å². The number of hydrogen-bond acceptors (Lipinski definition) is 3. The number of rotatable bonds is 3. The van der Waals surface area contributed by atoms with Crippen molar-refractivity contribution in [3.63, 3.8) is 0 Å². The number of benzene rings is 1. The zero-order chi connectivity index (χ0) is 16.4. The summed E-state index contributed by atoms with van der Waals surface area (Å²) in [6, 6.07) is 5.03. The second kappa shape index (κ2) is 6.72. The average Bonchev–Trinajstić information content (AvgIpc) is 3.07. The van der Waals surface area contributed by atoms with Crippen LogP contribution in [0.4, 0.5) is 13.2 Å². The second-order valence-electron chi connectivity index (χ2n) is 5.25. The van der Waals surface area contributed by atoms with E-state index in [9.17, 15) is 18.0 Å². The molecule has 2 aromatic rings. The van der Waals surface area contributed by atoms with Gasteiger partial charge >= 0.3 is 0 Å². The monoisotopic (exact) mass is 341 g/mol. The van der Waals surface area contributed by atoms with E-state index < -0.39 is 17.5 Å². The molecule has 1 aromatic carbocycles. The Kier molecular flexibility index (Phi) is 4.68. The van der Waals surface area contributed by atoms with Crippen molar-refractivity contribution in [1.82, 2.24) is 4.90 Å². The summed E-state index contributed by atoms with van der Waals surface area (Å²) in [6.45, 7) is 1.14. The molecule has 122 valence electrons. The van der Waals surface area contributed by atoms with Crippen molar-refractivity contribution >= 4 is 17.2 Å². The van der Waals surface area contributed by atoms with Crippen LogP contribution in [0.1, 0.15) is 16.5 Å². The molecule has 0 spiro atoms. The van der Waals surface area contributed by atoms with Gasteiger partial charge in [0, 0.05) is 23.1 Å². The van der Waals surface area contributed by atoms with E-state index in [1.54, 1.807) is 4.90 Å². The van der Waals surface area contributed by atoms with Crippen LogP contribution in [-0.2, 0) is 16.0 Å². The molecular weight excluding hydrogens is 327 g/mol. The van der Waals surface area contributed by atoms with Gasteiger partial charge in [-0.2, -0.15) is 0 Å². The van der Waals surface area contributed by atoms with Crippen molar-refractivity contribution in [2.45, 2.75) is 12.5 Å². The Hall–Kier alpha value is -1.86. The number of hydrogen-bond donors (Lipinski definition) is 0. The molecule has 0 saturated carbocycles. The molecule has 23 heavy (non-hydrogen) atoms. The third-order valence-electron chi connectivity index (χ3n) is 3.71. The van der Waals surface area contributed by atoms with Gasteiger partial charge in [0.25, 0.3) is 0 Å². The normalized spacial score (nSPS) is 18.2. The second-order valence-corrected chi connectivity index (χ2v) is 6.23. The van der Waals surface area contributed by atoms with Crippen LogP contribution in [0.25, 0.3) is 0 Å². The topological polar surface area (TPSA) is 29.5 Å². The highest BCUT2D eigenvalue weighted by atomic mass is 32.1. The smallest absolute Gasteiger partial charge is 0.227 e. The minimum Gasteiger partial charge on any atom is -0.369 e. The third kappa shape index (κ3) is 3.56. The number of nitrogens with zero attached hydrogens (tertiary/aromatic N) is 1. The van der Waals surface area contributed by atoms with Crippen molar-refractivity contribution in [1.29, 1.82) is 0 Å². The molecule has 3 rings (SSSR count). The van der Waals surface area contributed by atoms with Gasteiger partial charge in [0.1, 0.15) is 11.9 Å². The predicted octanol–water partition coefficient (Wildman–Crippen LogP) is 3.31. The number of morpholine rings is 1. The highest BCUT2D eigenvalue weighted by Crippen LogP contribution is 2.26. The van der Waals surface area contributed by atoms with E-state index in [1.807, 2.05) is 17.5 Å². The molecule has 1 aromatic heterocycles. The number of carbonyl (C=O) groups excluding carboxylic acids is 1. The zero-order valence-electron chi connectivity index (χ0n) is 12.1. The van der Waals surface area contributed by atoms with Crippen LogP contribution in [0.15, 0.2) is 29.6 Å². The summed E-state index contributed by atoms with van der Waals surface area (Å²) in [5, 5.41) is 1.93. The minimum absolute atomic E-state index is 0.145. The molecule has 0 N–H and O–H groups in total. The van der Waals surface area contributed by atoms with Crippen molar-refractivity contribution < 1.29 is 22.7 Å². The summed E-state index contributed by atoms with van der Waals surface area (Å²) in [6.07, 6.45) is -0.511. The maximum atomic E-state index is 13.7. The lowest BCUT2D eigenvalue weighted by atomic mass is 10.1. The van der Waals surface area contributed by atoms with E-state index in [-0.39, 0.29) is 24.0 Å². The lowest BCUT2D eigenvalue weighted by Gasteiger charge is -2.32. The Bertz CT molecular complexity index is 706. The van der Waals surface area contributed by atoms with Crippen LogP contribution in [0.5, 0.6) is 0 Å². The van der Waals surface area contributed by atoms with Gasteiger partial charge < -0.3 is 9.64 Å². The number of amides is 1. The molecule has 1 saturated heterocycles. The summed E-state index contributed by atoms with van der Waals surface area (Å²) in [7, 11) is 0. The van der Waals surface area contributed by atoms with Crippen molar-refractivity contribution in [3.8, 4) is 0 Å². The third-order valence-corrected chi connectivity index (χ3v) is 4.68. The molecule has 1 fully saturated rings. The molecule has 1 amide bonds. The highest BCUT2D eigenvalue weighted by molar-refractivity contribution is 7.10. The number of thiophene rings is 1. The van der Waals surface area contributed by atoms with E-state index in [0.29, 0.717) is 25.8 Å². The summed E-state index contributed by atoms with van der Waals surface area (Å²) < 4.78 is 45.5. The average molecular weight is 341 g/mol. The van der Waals surface area contributed by atoms with Crippen LogP contribution in [-0.4, -0.2) is 30.5 Å². The van der Waals surface area contributed by atoms with E-state index in [2.05, 4.69) is 0 Å². The molecule has 0 bridgehead atoms. The number of carbonyl (C=O) groups is 1. The Morgan fingerprint density at radius 2 is 2.04 bits per heavy atom. The summed E-state index contributed by atoms with van der Waals surface area (Å²) >= 11 is 1.54. The summed E-state index contributed by atoms with van der Waals surface area (Å²) in [5.74, 6) is -3.67. The molecule has 0 aliphatic carbocycles. The van der Waals surface area contributed by atoms with E-state index in [4.69, 9.17) is 4.74 Å². The molecule has 1 unspecified atom stereocenters. The van der Waals surface area contributed by atoms with Gasteiger partial charge in [0.15, 0.2) is 11.6 Å². The van der Waals surface area contributed by atoms with E-state index in [1.165, 1.54) is 11.3 Å². The molecule has 3 nitrogen and oxygen atoms in total. The SMILES string of the molecule is O=C(Cc1cc(F)c(F)cc1F)N1CCOC(c2cccs2)C1. The van der Waals surface area contributed by atoms with Crippen LogP contribution in [0.2, 0.25) is 0 Å². The first-order chi connectivity index (χ1) is 11.0. The fraction of sp³-hybridized carbons (Fsp3) is 0.312. The van der Waals surface area contributed by atoms with Crippen LogP contribution < -0.4 is 0 Å². The fourth-order valence-electron chi connectivity index (χ4n) is 2.50. The lowest BCUT2D eigenvalue weighted by molar-refractivity contribution is -0.138. The Balaban J connectivity index is 1.69. The number of ether oxygens (including phenoxy) is 1. The molecule has 1 atom stereocenters. The molecule has 2 heterocycles. The van der Waals surface area contributed by atoms with Gasteiger partial charge in [-0.05, 0) is 17.5 Å². The summed E-state index contributed by atoms with van der Waals surface area (Å²) in [4.78, 5) is 14.9. The van der Waals surface area contributed by atoms with Gasteiger partial charge in [0.2, 0.25) is 5.91 Å².